The lowest BCUT2D eigenvalue weighted by molar-refractivity contribution is 0.195. The zero-order valence-corrected chi connectivity index (χ0v) is 10.1. The molecule has 0 saturated heterocycles. The zero-order chi connectivity index (χ0) is 12.3. The van der Waals surface area contributed by atoms with Gasteiger partial charge in [0.2, 0.25) is 0 Å². The predicted molar refractivity (Wildman–Crippen MR) is 64.1 cm³/mol. The number of aliphatic hydroxyl groups is 1. The van der Waals surface area contributed by atoms with Gasteiger partial charge in [0, 0.05) is 23.2 Å². The quantitative estimate of drug-likeness (QED) is 0.768. The summed E-state index contributed by atoms with van der Waals surface area (Å²) in [6, 6.07) is 3.89. The lowest BCUT2D eigenvalue weighted by atomic mass is 10.3. The first-order valence-corrected chi connectivity index (χ1v) is 6.63. The van der Waals surface area contributed by atoms with Gasteiger partial charge in [0.05, 0.1) is 6.10 Å². The summed E-state index contributed by atoms with van der Waals surface area (Å²) < 4.78 is 26.1. The Morgan fingerprint density at radius 2 is 2.18 bits per heavy atom. The number of hydrogen-bond donors (Lipinski definition) is 2. The van der Waals surface area contributed by atoms with Crippen LogP contribution in [0.3, 0.4) is 0 Å². The van der Waals surface area contributed by atoms with Gasteiger partial charge in [-0.25, -0.2) is 8.78 Å². The molecule has 5 heteroatoms. The van der Waals surface area contributed by atoms with Gasteiger partial charge in [0.1, 0.15) is 11.6 Å². The van der Waals surface area contributed by atoms with Gasteiger partial charge in [-0.15, -0.1) is 11.8 Å². The fraction of sp³-hybridized carbons (Fsp3) is 0.500. The number of rotatable bonds is 6. The molecule has 1 atom stereocenters. The topological polar surface area (TPSA) is 32.3 Å². The van der Waals surface area contributed by atoms with Crippen LogP contribution in [0.5, 0.6) is 0 Å². The van der Waals surface area contributed by atoms with Crippen LogP contribution in [0.1, 0.15) is 12.8 Å². The lowest BCUT2D eigenvalue weighted by Crippen LogP contribution is -2.29. The van der Waals surface area contributed by atoms with E-state index in [2.05, 4.69) is 5.32 Å². The summed E-state index contributed by atoms with van der Waals surface area (Å²) in [6.07, 6.45) is 1.79. The third-order valence-corrected chi connectivity index (χ3v) is 3.72. The van der Waals surface area contributed by atoms with Gasteiger partial charge in [-0.2, -0.15) is 0 Å². The number of hydrogen-bond acceptors (Lipinski definition) is 3. The van der Waals surface area contributed by atoms with E-state index in [1.807, 2.05) is 0 Å². The maximum absolute atomic E-state index is 13.3. The Kier molecular flexibility index (Phi) is 4.36. The standard InChI is InChI=1S/C12H15F2NOS/c13-8-1-4-11(14)12(5-8)17-7-10(16)6-15-9-2-3-9/h1,4-5,9-10,15-16H,2-3,6-7H2. The van der Waals surface area contributed by atoms with E-state index in [0.29, 0.717) is 18.3 Å². The van der Waals surface area contributed by atoms with Gasteiger partial charge in [-0.1, -0.05) is 0 Å². The van der Waals surface area contributed by atoms with Crippen molar-refractivity contribution in [1.29, 1.82) is 0 Å². The van der Waals surface area contributed by atoms with Crippen molar-refractivity contribution < 1.29 is 13.9 Å². The molecule has 1 aromatic carbocycles. The molecule has 0 radical (unpaired) electrons. The largest absolute Gasteiger partial charge is 0.391 e. The Bertz CT molecular complexity index is 385. The number of halogens is 2. The van der Waals surface area contributed by atoms with E-state index >= 15 is 0 Å². The molecule has 1 aliphatic carbocycles. The summed E-state index contributed by atoms with van der Waals surface area (Å²) in [5, 5.41) is 12.8. The fourth-order valence-electron chi connectivity index (χ4n) is 1.42. The average Bonchev–Trinajstić information content (AvgIpc) is 3.11. The molecule has 1 saturated carbocycles. The molecule has 0 spiro atoms. The molecule has 1 unspecified atom stereocenters. The highest BCUT2D eigenvalue weighted by atomic mass is 32.2. The van der Waals surface area contributed by atoms with E-state index in [1.54, 1.807) is 0 Å². The van der Waals surface area contributed by atoms with Crippen LogP contribution in [0, 0.1) is 11.6 Å². The second kappa shape index (κ2) is 5.80. The third kappa shape index (κ3) is 4.26. The van der Waals surface area contributed by atoms with Crippen molar-refractivity contribution in [2.24, 2.45) is 0 Å². The molecule has 0 heterocycles. The number of benzene rings is 1. The van der Waals surface area contributed by atoms with E-state index in [0.717, 1.165) is 30.0 Å². The van der Waals surface area contributed by atoms with E-state index in [4.69, 9.17) is 0 Å². The smallest absolute Gasteiger partial charge is 0.136 e. The molecule has 17 heavy (non-hydrogen) atoms. The van der Waals surface area contributed by atoms with E-state index in [9.17, 15) is 13.9 Å². The van der Waals surface area contributed by atoms with Crippen molar-refractivity contribution in [2.75, 3.05) is 12.3 Å². The molecule has 0 bridgehead atoms. The second-order valence-corrected chi connectivity index (χ2v) is 5.28. The number of nitrogens with one attached hydrogen (secondary N) is 1. The Hall–Kier alpha value is -0.650. The van der Waals surface area contributed by atoms with Crippen molar-refractivity contribution in [2.45, 2.75) is 29.9 Å². The van der Waals surface area contributed by atoms with Crippen molar-refractivity contribution in [3.05, 3.63) is 29.8 Å². The van der Waals surface area contributed by atoms with E-state index < -0.39 is 17.7 Å². The van der Waals surface area contributed by atoms with Gasteiger partial charge in [-0.05, 0) is 31.0 Å². The molecule has 2 rings (SSSR count). The Morgan fingerprint density at radius 1 is 1.41 bits per heavy atom. The maximum atomic E-state index is 13.3. The van der Waals surface area contributed by atoms with Crippen LogP contribution in [0.15, 0.2) is 23.1 Å². The molecule has 1 aliphatic rings. The van der Waals surface area contributed by atoms with E-state index in [-0.39, 0.29) is 4.90 Å². The fourth-order valence-corrected chi connectivity index (χ4v) is 2.31. The highest BCUT2D eigenvalue weighted by molar-refractivity contribution is 7.99. The number of thioether (sulfide) groups is 1. The minimum absolute atomic E-state index is 0.246. The summed E-state index contributed by atoms with van der Waals surface area (Å²) in [4.78, 5) is 0.246. The minimum atomic E-state index is -0.539. The molecule has 0 aromatic heterocycles. The van der Waals surface area contributed by atoms with Crippen molar-refractivity contribution in [3.63, 3.8) is 0 Å². The predicted octanol–water partition coefficient (Wildman–Crippen LogP) is 2.17. The lowest BCUT2D eigenvalue weighted by Gasteiger charge is -2.11. The van der Waals surface area contributed by atoms with Crippen molar-refractivity contribution in [3.8, 4) is 0 Å². The van der Waals surface area contributed by atoms with Crippen LogP contribution in [0.25, 0.3) is 0 Å². The zero-order valence-electron chi connectivity index (χ0n) is 9.33. The van der Waals surface area contributed by atoms with Crippen molar-refractivity contribution in [1.82, 2.24) is 5.32 Å². The van der Waals surface area contributed by atoms with Gasteiger partial charge in [0.15, 0.2) is 0 Å². The summed E-state index contributed by atoms with van der Waals surface area (Å²) in [5.41, 5.74) is 0. The molecular formula is C12H15F2NOS. The van der Waals surface area contributed by atoms with Crippen LogP contribution in [-0.4, -0.2) is 29.5 Å². The second-order valence-electron chi connectivity index (χ2n) is 4.22. The van der Waals surface area contributed by atoms with Gasteiger partial charge in [-0.3, -0.25) is 0 Å². The van der Waals surface area contributed by atoms with Crippen LogP contribution < -0.4 is 5.32 Å². The Balaban J connectivity index is 1.77. The molecule has 1 fully saturated rings. The first-order chi connectivity index (χ1) is 8.15. The van der Waals surface area contributed by atoms with Crippen LogP contribution >= 0.6 is 11.8 Å². The van der Waals surface area contributed by atoms with Gasteiger partial charge in [0.25, 0.3) is 0 Å². The van der Waals surface area contributed by atoms with Crippen molar-refractivity contribution >= 4 is 11.8 Å². The first kappa shape index (κ1) is 12.8. The summed E-state index contributed by atoms with van der Waals surface area (Å²) in [5.74, 6) is -0.543. The summed E-state index contributed by atoms with van der Waals surface area (Å²) >= 11 is 1.14. The normalized spacial score (nSPS) is 17.1. The maximum Gasteiger partial charge on any atom is 0.136 e. The molecule has 0 amide bonds. The Labute approximate surface area is 103 Å². The highest BCUT2D eigenvalue weighted by Gasteiger charge is 2.21. The van der Waals surface area contributed by atoms with Gasteiger partial charge < -0.3 is 10.4 Å². The molecule has 1 aromatic rings. The van der Waals surface area contributed by atoms with Crippen LogP contribution in [0.2, 0.25) is 0 Å². The molecule has 2 nitrogen and oxygen atoms in total. The summed E-state index contributed by atoms with van der Waals surface area (Å²) in [7, 11) is 0. The average molecular weight is 259 g/mol. The Morgan fingerprint density at radius 3 is 2.88 bits per heavy atom. The molecule has 2 N–H and O–H groups in total. The monoisotopic (exact) mass is 259 g/mol. The SMILES string of the molecule is OC(CNC1CC1)CSc1cc(F)ccc1F. The molecule has 94 valence electrons. The van der Waals surface area contributed by atoms with Gasteiger partial charge >= 0.3 is 0 Å². The van der Waals surface area contributed by atoms with E-state index in [1.165, 1.54) is 12.8 Å². The number of aliphatic hydroxyl groups excluding tert-OH is 1. The van der Waals surface area contributed by atoms with Crippen LogP contribution in [-0.2, 0) is 0 Å². The minimum Gasteiger partial charge on any atom is -0.391 e. The molecular weight excluding hydrogens is 244 g/mol. The first-order valence-electron chi connectivity index (χ1n) is 5.64. The van der Waals surface area contributed by atoms with Crippen LogP contribution in [0.4, 0.5) is 8.78 Å². The summed E-state index contributed by atoms with van der Waals surface area (Å²) in [6.45, 7) is 0.509. The third-order valence-electron chi connectivity index (χ3n) is 2.54. The molecule has 0 aliphatic heterocycles. The highest BCUT2D eigenvalue weighted by Crippen LogP contribution is 2.23.